The van der Waals surface area contributed by atoms with E-state index >= 15 is 0 Å². The number of carbonyl (C=O) groups excluding carboxylic acids is 1. The van der Waals surface area contributed by atoms with Crippen LogP contribution in [0.4, 0.5) is 0 Å². The van der Waals surface area contributed by atoms with Crippen LogP contribution in [0, 0.1) is 35.0 Å². The number of hydrogen-bond donors (Lipinski definition) is 2. The Morgan fingerprint density at radius 2 is 2.00 bits per heavy atom. The average Bonchev–Trinajstić information content (AvgIpc) is 3.40. The monoisotopic (exact) mass is 584 g/mol. The molecule has 0 aromatic rings. The molecule has 1 amide bonds. The molecule has 4 saturated heterocycles. The van der Waals surface area contributed by atoms with Gasteiger partial charge < -0.3 is 14.5 Å². The summed E-state index contributed by atoms with van der Waals surface area (Å²) >= 11 is 2.30. The van der Waals surface area contributed by atoms with E-state index in [4.69, 9.17) is 4.74 Å². The highest BCUT2D eigenvalue weighted by molar-refractivity contribution is 8.00. The van der Waals surface area contributed by atoms with Crippen molar-refractivity contribution in [3.63, 3.8) is 0 Å². The molecule has 0 aromatic heterocycles. The lowest BCUT2D eigenvalue weighted by Crippen LogP contribution is -2.73. The number of likely N-dealkylation sites (N-methyl/N-ethyl adjacent to an activating group) is 1. The summed E-state index contributed by atoms with van der Waals surface area (Å²) in [4.78, 5) is 19.4. The third-order valence-electron chi connectivity index (χ3n) is 11.7. The summed E-state index contributed by atoms with van der Waals surface area (Å²) in [5, 5.41) is 17.4. The first kappa shape index (κ1) is 29.9. The predicted octanol–water partition coefficient (Wildman–Crippen LogP) is 3.61. The van der Waals surface area contributed by atoms with E-state index in [-0.39, 0.29) is 24.5 Å². The lowest BCUT2D eigenvalue weighted by Gasteiger charge is -2.57. The van der Waals surface area contributed by atoms with Crippen molar-refractivity contribution >= 4 is 17.7 Å². The molecule has 0 bridgehead atoms. The fraction of sp³-hybridized carbons (Fsp3) is 0.875. The fourth-order valence-electron chi connectivity index (χ4n) is 9.31. The van der Waals surface area contributed by atoms with Gasteiger partial charge in [0.1, 0.15) is 0 Å². The maximum atomic E-state index is 12.6. The zero-order chi connectivity index (χ0) is 28.6. The minimum absolute atomic E-state index is 0.0629. The number of fused-ring (bicyclic) bond motifs is 2. The number of carbonyl (C=O) groups is 1. The van der Waals surface area contributed by atoms with Gasteiger partial charge in [-0.1, -0.05) is 26.3 Å². The van der Waals surface area contributed by atoms with Crippen LogP contribution in [-0.2, 0) is 9.53 Å². The summed E-state index contributed by atoms with van der Waals surface area (Å²) in [6, 6.07) is 3.13. The summed E-state index contributed by atoms with van der Waals surface area (Å²) in [6.07, 6.45) is 13.6. The zero-order valence-electron chi connectivity index (χ0n) is 25.3. The third kappa shape index (κ3) is 6.25. The van der Waals surface area contributed by atoms with E-state index in [0.717, 1.165) is 37.5 Å². The van der Waals surface area contributed by atoms with E-state index in [0.29, 0.717) is 42.3 Å². The van der Waals surface area contributed by atoms with Crippen molar-refractivity contribution in [1.82, 2.24) is 25.3 Å². The Kier molecular flexibility index (Phi) is 9.36. The van der Waals surface area contributed by atoms with Crippen LogP contribution < -0.4 is 10.6 Å². The SMILES string of the molecule is C=CC(=O)N1CCN(C2NC(OCC3CCCN3C)NC3C[C@]4(CCC32)CC2C(C)CCCC2CS4)CC1CC#N. The average molecular weight is 585 g/mol. The Bertz CT molecular complexity index is 992. The summed E-state index contributed by atoms with van der Waals surface area (Å²) in [7, 11) is 2.21. The molecule has 0 aromatic carbocycles. The Morgan fingerprint density at radius 1 is 1.12 bits per heavy atom. The quantitative estimate of drug-likeness (QED) is 0.459. The second kappa shape index (κ2) is 12.8. The number of ether oxygens (including phenoxy) is 1. The maximum Gasteiger partial charge on any atom is 0.246 e. The van der Waals surface area contributed by atoms with Crippen molar-refractivity contribution in [2.24, 2.45) is 23.7 Å². The van der Waals surface area contributed by atoms with Crippen LogP contribution in [0.3, 0.4) is 0 Å². The molecule has 228 valence electrons. The number of likely N-dealkylation sites (tertiary alicyclic amines) is 1. The van der Waals surface area contributed by atoms with Gasteiger partial charge in [-0.05, 0) is 88.1 Å². The first-order valence-electron chi connectivity index (χ1n) is 16.4. The highest BCUT2D eigenvalue weighted by Crippen LogP contribution is 2.56. The Morgan fingerprint density at radius 3 is 2.78 bits per heavy atom. The third-order valence-corrected chi connectivity index (χ3v) is 13.5. The minimum atomic E-state index is -0.178. The molecule has 1 spiro atoms. The molecule has 0 radical (unpaired) electrons. The van der Waals surface area contributed by atoms with Crippen LogP contribution in [0.25, 0.3) is 0 Å². The zero-order valence-corrected chi connectivity index (χ0v) is 26.1. The first-order valence-corrected chi connectivity index (χ1v) is 17.4. The molecule has 9 unspecified atom stereocenters. The van der Waals surface area contributed by atoms with Gasteiger partial charge >= 0.3 is 0 Å². The number of hydrogen-bond acceptors (Lipinski definition) is 8. The molecule has 2 N–H and O–H groups in total. The van der Waals surface area contributed by atoms with Crippen LogP contribution >= 0.6 is 11.8 Å². The van der Waals surface area contributed by atoms with Crippen LogP contribution in [0.15, 0.2) is 12.7 Å². The Labute approximate surface area is 251 Å². The van der Waals surface area contributed by atoms with Gasteiger partial charge in [-0.15, -0.1) is 0 Å². The van der Waals surface area contributed by atoms with Crippen molar-refractivity contribution in [2.75, 3.05) is 45.6 Å². The summed E-state index contributed by atoms with van der Waals surface area (Å²) < 4.78 is 7.00. The van der Waals surface area contributed by atoms with Crippen molar-refractivity contribution < 1.29 is 9.53 Å². The molecule has 2 aliphatic carbocycles. The van der Waals surface area contributed by atoms with Gasteiger partial charge in [0.2, 0.25) is 5.91 Å². The standard InChI is InChI=1S/C32H52N6O2S/c1-4-29(39)38-16-15-37(19-24(38)11-13-33)30-26-10-12-32(17-27-22(2)7-5-8-23(27)21-41-32)18-28(26)34-31(35-30)40-20-25-9-6-14-36(25)3/h4,22-28,30-31,34-35H,1,5-12,14-21H2,2-3H3/t22?,23?,24?,25?,26?,27?,28?,30?,31?,32-/m0/s1. The molecule has 2 saturated carbocycles. The largest absolute Gasteiger partial charge is 0.348 e. The van der Waals surface area contributed by atoms with E-state index in [1.165, 1.54) is 69.6 Å². The summed E-state index contributed by atoms with van der Waals surface area (Å²) in [6.45, 7) is 10.3. The smallest absolute Gasteiger partial charge is 0.246 e. The van der Waals surface area contributed by atoms with E-state index in [1.807, 2.05) is 4.90 Å². The van der Waals surface area contributed by atoms with E-state index in [2.05, 4.69) is 58.8 Å². The number of thioether (sulfide) groups is 1. The molecule has 4 aliphatic heterocycles. The van der Waals surface area contributed by atoms with Gasteiger partial charge in [-0.3, -0.25) is 20.3 Å². The normalized spacial score (nSPS) is 43.7. The number of nitrogens with one attached hydrogen (secondary N) is 2. The topological polar surface area (TPSA) is 83.9 Å². The van der Waals surface area contributed by atoms with Gasteiger partial charge in [0.05, 0.1) is 31.3 Å². The number of nitrogens with zero attached hydrogens (tertiary/aromatic N) is 4. The van der Waals surface area contributed by atoms with Crippen molar-refractivity contribution in [2.45, 2.75) is 107 Å². The van der Waals surface area contributed by atoms with Crippen LogP contribution in [0.5, 0.6) is 0 Å². The van der Waals surface area contributed by atoms with Crippen molar-refractivity contribution in [3.8, 4) is 6.07 Å². The molecular weight excluding hydrogens is 532 g/mol. The van der Waals surface area contributed by atoms with Gasteiger partial charge in [0.15, 0.2) is 6.35 Å². The highest BCUT2D eigenvalue weighted by Gasteiger charge is 2.52. The lowest BCUT2D eigenvalue weighted by atomic mass is 9.65. The second-order valence-corrected chi connectivity index (χ2v) is 15.5. The van der Waals surface area contributed by atoms with Crippen LogP contribution in [-0.4, -0.2) is 102 Å². The summed E-state index contributed by atoms with van der Waals surface area (Å²) in [5.74, 6) is 4.45. The van der Waals surface area contributed by atoms with Crippen LogP contribution in [0.2, 0.25) is 0 Å². The van der Waals surface area contributed by atoms with Gasteiger partial charge in [0, 0.05) is 42.4 Å². The fourth-order valence-corrected chi connectivity index (χ4v) is 11.2. The highest BCUT2D eigenvalue weighted by atomic mass is 32.2. The second-order valence-electron chi connectivity index (χ2n) is 14.1. The molecule has 41 heavy (non-hydrogen) atoms. The van der Waals surface area contributed by atoms with E-state index in [1.54, 1.807) is 0 Å². The molecule has 9 heteroatoms. The van der Waals surface area contributed by atoms with E-state index < -0.39 is 0 Å². The van der Waals surface area contributed by atoms with E-state index in [9.17, 15) is 10.1 Å². The number of nitriles is 1. The molecule has 6 fully saturated rings. The van der Waals surface area contributed by atoms with Crippen LogP contribution in [0.1, 0.15) is 71.1 Å². The van der Waals surface area contributed by atoms with Gasteiger partial charge in [-0.25, -0.2) is 0 Å². The number of piperazine rings is 1. The molecular formula is C32H52N6O2S. The molecule has 10 atom stereocenters. The Balaban J connectivity index is 1.19. The number of amides is 1. The first-order chi connectivity index (χ1) is 19.9. The Hall–Kier alpha value is -1.15. The summed E-state index contributed by atoms with van der Waals surface area (Å²) in [5.41, 5.74) is 0. The van der Waals surface area contributed by atoms with Crippen molar-refractivity contribution in [3.05, 3.63) is 12.7 Å². The van der Waals surface area contributed by atoms with Gasteiger partial charge in [0.25, 0.3) is 0 Å². The molecule has 4 heterocycles. The molecule has 6 aliphatic rings. The lowest BCUT2D eigenvalue weighted by molar-refractivity contribution is -0.135. The maximum absolute atomic E-state index is 12.6. The van der Waals surface area contributed by atoms with Gasteiger partial charge in [-0.2, -0.15) is 17.0 Å². The predicted molar refractivity (Wildman–Crippen MR) is 164 cm³/mol. The molecule has 6 rings (SSSR count). The minimum Gasteiger partial charge on any atom is -0.348 e. The molecule has 8 nitrogen and oxygen atoms in total. The van der Waals surface area contributed by atoms with Crippen molar-refractivity contribution in [1.29, 1.82) is 5.26 Å². The number of rotatable bonds is 6.